The number of rotatable bonds is 15. The number of anilines is 1. The van der Waals surface area contributed by atoms with Gasteiger partial charge in [0.25, 0.3) is 0 Å². The van der Waals surface area contributed by atoms with Crippen LogP contribution in [0.2, 0.25) is 0 Å². The Bertz CT molecular complexity index is 1840. The van der Waals surface area contributed by atoms with E-state index in [-0.39, 0.29) is 5.91 Å². The quantitative estimate of drug-likeness (QED) is 0.110. The number of unbranched alkanes of at least 4 members (excludes halogenated alkanes) is 1. The lowest BCUT2D eigenvalue weighted by Crippen LogP contribution is -2.48. The molecule has 1 aliphatic rings. The predicted octanol–water partition coefficient (Wildman–Crippen LogP) is 7.74. The fourth-order valence-electron chi connectivity index (χ4n) is 6.79. The van der Waals surface area contributed by atoms with Gasteiger partial charge in [0, 0.05) is 35.4 Å². The summed E-state index contributed by atoms with van der Waals surface area (Å²) >= 11 is 0. The Labute approximate surface area is 299 Å². The predicted molar refractivity (Wildman–Crippen MR) is 207 cm³/mol. The molecular formula is C41H56N4O4S. The highest BCUT2D eigenvalue weighted by Gasteiger charge is 2.35. The van der Waals surface area contributed by atoms with E-state index in [1.807, 2.05) is 43.0 Å². The van der Waals surface area contributed by atoms with Gasteiger partial charge in [-0.05, 0) is 134 Å². The van der Waals surface area contributed by atoms with E-state index in [1.165, 1.54) is 33.2 Å². The van der Waals surface area contributed by atoms with Gasteiger partial charge in [0.2, 0.25) is 15.9 Å². The van der Waals surface area contributed by atoms with E-state index in [4.69, 9.17) is 4.74 Å². The van der Waals surface area contributed by atoms with Gasteiger partial charge in [0.05, 0.1) is 24.9 Å². The fourth-order valence-corrected chi connectivity index (χ4v) is 7.35. The molecule has 0 spiro atoms. The minimum atomic E-state index is -3.27. The second-order valence-corrected chi connectivity index (χ2v) is 16.7. The average molecular weight is 701 g/mol. The van der Waals surface area contributed by atoms with Crippen molar-refractivity contribution < 1.29 is 17.9 Å². The van der Waals surface area contributed by atoms with Gasteiger partial charge in [-0.2, -0.15) is 0 Å². The van der Waals surface area contributed by atoms with Crippen LogP contribution in [0.5, 0.6) is 0 Å². The monoisotopic (exact) mass is 700 g/mol. The molecule has 0 radical (unpaired) electrons. The van der Waals surface area contributed by atoms with Gasteiger partial charge in [0.1, 0.15) is 0 Å². The minimum absolute atomic E-state index is 0.145. The number of morpholine rings is 1. The number of hydrogen-bond acceptors (Lipinski definition) is 5. The molecule has 2 heterocycles. The smallest absolute Gasteiger partial charge is 0.232 e. The number of ether oxygens (including phenoxy) is 1. The van der Waals surface area contributed by atoms with Crippen LogP contribution in [0.25, 0.3) is 22.2 Å². The van der Waals surface area contributed by atoms with Gasteiger partial charge in [-0.3, -0.25) is 9.52 Å². The topological polar surface area (TPSA) is 104 Å². The Kier molecular flexibility index (Phi) is 12.1. The lowest BCUT2D eigenvalue weighted by molar-refractivity contribution is -0.140. The van der Waals surface area contributed by atoms with Crippen molar-refractivity contribution in [3.63, 3.8) is 0 Å². The van der Waals surface area contributed by atoms with E-state index in [2.05, 4.69) is 79.1 Å². The van der Waals surface area contributed by atoms with Crippen molar-refractivity contribution in [2.45, 2.75) is 84.5 Å². The van der Waals surface area contributed by atoms with Crippen molar-refractivity contribution in [3.05, 3.63) is 88.5 Å². The molecule has 0 saturated carbocycles. The highest BCUT2D eigenvalue weighted by atomic mass is 32.2. The average Bonchev–Trinajstić information content (AvgIpc) is 3.45. The van der Waals surface area contributed by atoms with Crippen molar-refractivity contribution in [1.82, 2.24) is 15.2 Å². The zero-order chi connectivity index (χ0) is 36.1. The summed E-state index contributed by atoms with van der Waals surface area (Å²) in [6.45, 7) is 17.3. The van der Waals surface area contributed by atoms with Gasteiger partial charge in [0.15, 0.2) is 0 Å². The Morgan fingerprint density at radius 1 is 0.880 bits per heavy atom. The van der Waals surface area contributed by atoms with Gasteiger partial charge < -0.3 is 19.9 Å². The van der Waals surface area contributed by atoms with Crippen molar-refractivity contribution in [1.29, 1.82) is 0 Å². The van der Waals surface area contributed by atoms with Crippen LogP contribution in [0.4, 0.5) is 5.69 Å². The molecule has 0 unspecified atom stereocenters. The second-order valence-electron chi connectivity index (χ2n) is 15.0. The number of aryl methyl sites for hydroxylation is 1. The van der Waals surface area contributed by atoms with Crippen LogP contribution in [0.15, 0.2) is 60.7 Å². The number of carbonyl (C=O) groups is 1. The first-order chi connectivity index (χ1) is 23.7. The van der Waals surface area contributed by atoms with Gasteiger partial charge in [-0.1, -0.05) is 52.0 Å². The Morgan fingerprint density at radius 3 is 2.16 bits per heavy atom. The molecule has 5 rings (SSSR count). The maximum Gasteiger partial charge on any atom is 0.232 e. The summed E-state index contributed by atoms with van der Waals surface area (Å²) in [6.07, 6.45) is 5.04. The number of nitrogens with one attached hydrogen (secondary N) is 3. The first-order valence-electron chi connectivity index (χ1n) is 18.2. The molecule has 0 bridgehead atoms. The summed E-state index contributed by atoms with van der Waals surface area (Å²) in [4.78, 5) is 19.5. The van der Waals surface area contributed by atoms with E-state index in [0.29, 0.717) is 43.8 Å². The number of H-pyrrole nitrogens is 1. The first kappa shape index (κ1) is 37.6. The minimum Gasteiger partial charge on any atom is -0.378 e. The van der Waals surface area contributed by atoms with E-state index in [9.17, 15) is 13.2 Å². The number of amides is 1. The lowest BCUT2D eigenvalue weighted by Gasteiger charge is -2.34. The largest absolute Gasteiger partial charge is 0.378 e. The molecule has 50 heavy (non-hydrogen) atoms. The summed E-state index contributed by atoms with van der Waals surface area (Å²) in [7, 11) is -3.27. The zero-order valence-corrected chi connectivity index (χ0v) is 31.8. The molecule has 1 aromatic heterocycles. The van der Waals surface area contributed by atoms with Gasteiger partial charge >= 0.3 is 0 Å². The first-order valence-corrected chi connectivity index (χ1v) is 20.1. The van der Waals surface area contributed by atoms with Crippen molar-refractivity contribution >= 4 is 32.5 Å². The number of fused-ring (bicyclic) bond motifs is 1. The summed E-state index contributed by atoms with van der Waals surface area (Å²) < 4.78 is 31.0. The Morgan fingerprint density at radius 2 is 1.54 bits per heavy atom. The van der Waals surface area contributed by atoms with Crippen molar-refractivity contribution in [2.75, 3.05) is 50.4 Å². The normalized spacial score (nSPS) is 14.2. The highest BCUT2D eigenvalue weighted by Crippen LogP contribution is 2.37. The third-order valence-electron chi connectivity index (χ3n) is 9.94. The van der Waals surface area contributed by atoms with E-state index in [1.54, 1.807) is 0 Å². The Balaban J connectivity index is 1.34. The maximum atomic E-state index is 13.8. The molecule has 1 fully saturated rings. The molecule has 270 valence electrons. The van der Waals surface area contributed by atoms with Crippen LogP contribution >= 0.6 is 0 Å². The van der Waals surface area contributed by atoms with Crippen LogP contribution in [0.3, 0.4) is 0 Å². The van der Waals surface area contributed by atoms with Gasteiger partial charge in [-0.15, -0.1) is 0 Å². The molecule has 1 saturated heterocycles. The molecule has 0 aliphatic carbocycles. The van der Waals surface area contributed by atoms with Crippen LogP contribution in [-0.2, 0) is 37.8 Å². The van der Waals surface area contributed by atoms with Crippen LogP contribution in [0, 0.1) is 0 Å². The maximum absolute atomic E-state index is 13.8. The zero-order valence-electron chi connectivity index (χ0n) is 31.0. The third kappa shape index (κ3) is 9.36. The lowest BCUT2D eigenvalue weighted by atomic mass is 9.82. The van der Waals surface area contributed by atoms with Crippen molar-refractivity contribution in [2.24, 2.45) is 0 Å². The molecule has 0 atom stereocenters. The number of aromatic nitrogens is 1. The summed E-state index contributed by atoms with van der Waals surface area (Å²) in [6, 6.07) is 21.2. The molecule has 4 aromatic rings. The number of benzene rings is 3. The van der Waals surface area contributed by atoms with Crippen LogP contribution in [-0.4, -0.2) is 69.9 Å². The Hall–Kier alpha value is -3.66. The standard InChI is InChI=1S/C41H56N4O4S/c1-28(2)31-24-32(29(3)4)26-33(25-31)39-36(17-19-42-18-9-8-10-30-11-14-35(15-12-30)44-50(7,47)48)37-27-34(13-16-38(37)43-39)41(5,6)40(46)45-20-22-49-23-21-45/h11-16,24-29,42-44H,8-10,17-23H2,1-7H3. The number of carbonyl (C=O) groups excluding carboxylic acids is 1. The van der Waals surface area contributed by atoms with Gasteiger partial charge in [-0.25, -0.2) is 8.42 Å². The number of sulfonamides is 1. The molecule has 3 aromatic carbocycles. The SMILES string of the molecule is CC(C)c1cc(-c2[nH]c3ccc(C(C)(C)C(=O)N4CCOCC4)cc3c2CCNCCCCc2ccc(NS(C)(=O)=O)cc2)cc(C(C)C)c1. The molecule has 3 N–H and O–H groups in total. The molecule has 9 heteroatoms. The number of nitrogens with zero attached hydrogens (tertiary/aromatic N) is 1. The molecule has 8 nitrogen and oxygen atoms in total. The van der Waals surface area contributed by atoms with E-state index >= 15 is 0 Å². The van der Waals surface area contributed by atoms with Crippen molar-refractivity contribution in [3.8, 4) is 11.3 Å². The fraction of sp³-hybridized carbons (Fsp3) is 0.488. The number of hydrogen-bond donors (Lipinski definition) is 3. The summed E-state index contributed by atoms with van der Waals surface area (Å²) in [5.74, 6) is 0.983. The molecule has 1 aliphatic heterocycles. The third-order valence-corrected chi connectivity index (χ3v) is 10.5. The highest BCUT2D eigenvalue weighted by molar-refractivity contribution is 7.92. The van der Waals surface area contributed by atoms with E-state index < -0.39 is 15.4 Å². The molecular weight excluding hydrogens is 645 g/mol. The van der Waals surface area contributed by atoms with Crippen LogP contribution < -0.4 is 10.0 Å². The van der Waals surface area contributed by atoms with E-state index in [0.717, 1.165) is 61.8 Å². The summed E-state index contributed by atoms with van der Waals surface area (Å²) in [5.41, 5.74) is 9.58. The second kappa shape index (κ2) is 16.1. The van der Waals surface area contributed by atoms with Crippen LogP contribution in [0.1, 0.15) is 94.0 Å². The number of aromatic amines is 1. The summed E-state index contributed by atoms with van der Waals surface area (Å²) in [5, 5.41) is 4.87. The molecule has 1 amide bonds.